The molecule has 0 N–H and O–H groups in total. The Kier molecular flexibility index (Phi) is 6.10. The fourth-order valence-electron chi connectivity index (χ4n) is 3.27. The maximum Gasteiger partial charge on any atom is 0.253 e. The summed E-state index contributed by atoms with van der Waals surface area (Å²) in [5.41, 5.74) is 1.99. The Labute approximate surface area is 156 Å². The molecule has 1 fully saturated rings. The van der Waals surface area contributed by atoms with Crippen LogP contribution < -0.4 is 9.80 Å². The summed E-state index contributed by atoms with van der Waals surface area (Å²) in [4.78, 5) is 23.6. The summed E-state index contributed by atoms with van der Waals surface area (Å²) in [5.74, 6) is 0.970. The minimum absolute atomic E-state index is 0.0741. The molecule has 1 aliphatic rings. The van der Waals surface area contributed by atoms with Crippen LogP contribution >= 0.6 is 0 Å². The first-order valence-corrected chi connectivity index (χ1v) is 9.45. The van der Waals surface area contributed by atoms with Crippen LogP contribution in [0.4, 0.5) is 11.5 Å². The van der Waals surface area contributed by atoms with E-state index in [1.165, 1.54) is 5.69 Å². The molecule has 2 aromatic rings. The summed E-state index contributed by atoms with van der Waals surface area (Å²) in [6.45, 7) is 6.66. The second kappa shape index (κ2) is 8.70. The van der Waals surface area contributed by atoms with Crippen LogP contribution in [0.5, 0.6) is 0 Å². The normalized spacial score (nSPS) is 14.4. The number of hydrogen-bond donors (Lipinski definition) is 0. The Balaban J connectivity index is 1.63. The van der Waals surface area contributed by atoms with E-state index in [0.717, 1.165) is 56.9 Å². The second-order valence-electron chi connectivity index (χ2n) is 6.79. The molecule has 1 aromatic heterocycles. The van der Waals surface area contributed by atoms with Crippen LogP contribution in [-0.4, -0.2) is 55.6 Å². The highest BCUT2D eigenvalue weighted by molar-refractivity contribution is 5.94. The third-order valence-corrected chi connectivity index (χ3v) is 4.91. The molecule has 0 saturated carbocycles. The van der Waals surface area contributed by atoms with Gasteiger partial charge in [0.2, 0.25) is 0 Å². The number of benzene rings is 1. The van der Waals surface area contributed by atoms with Crippen LogP contribution in [-0.2, 0) is 0 Å². The number of carbonyl (C=O) groups is 1. The molecule has 138 valence electrons. The first kappa shape index (κ1) is 18.2. The average Bonchev–Trinajstić information content (AvgIpc) is 2.72. The smallest absolute Gasteiger partial charge is 0.253 e. The lowest BCUT2D eigenvalue weighted by atomic mass is 10.2. The molecule has 1 aromatic carbocycles. The number of aromatic nitrogens is 1. The number of rotatable bonds is 6. The van der Waals surface area contributed by atoms with Gasteiger partial charge in [-0.25, -0.2) is 4.98 Å². The molecule has 0 spiro atoms. The fourth-order valence-corrected chi connectivity index (χ4v) is 3.27. The highest BCUT2D eigenvalue weighted by Gasteiger charge is 2.20. The minimum atomic E-state index is 0.0741. The first-order valence-electron chi connectivity index (χ1n) is 9.45. The van der Waals surface area contributed by atoms with E-state index in [-0.39, 0.29) is 5.91 Å². The number of nitrogens with zero attached hydrogens (tertiary/aromatic N) is 4. The highest BCUT2D eigenvalue weighted by Crippen LogP contribution is 2.20. The molecule has 1 amide bonds. The maximum atomic E-state index is 12.6. The zero-order chi connectivity index (χ0) is 18.4. The second-order valence-corrected chi connectivity index (χ2v) is 6.79. The van der Waals surface area contributed by atoms with Gasteiger partial charge in [0.15, 0.2) is 0 Å². The molecule has 0 radical (unpaired) electrons. The molecule has 2 heterocycles. The number of carbonyl (C=O) groups excluding carboxylic acids is 1. The van der Waals surface area contributed by atoms with Gasteiger partial charge in [0, 0.05) is 57.2 Å². The van der Waals surface area contributed by atoms with Crippen molar-refractivity contribution in [2.75, 3.05) is 49.6 Å². The summed E-state index contributed by atoms with van der Waals surface area (Å²) in [7, 11) is 1.87. The Morgan fingerprint density at radius 3 is 2.46 bits per heavy atom. The van der Waals surface area contributed by atoms with E-state index in [1.54, 1.807) is 11.1 Å². The fraction of sp³-hybridized carbons (Fsp3) is 0.429. The van der Waals surface area contributed by atoms with Crippen LogP contribution in [0.15, 0.2) is 48.7 Å². The molecule has 5 nitrogen and oxygen atoms in total. The van der Waals surface area contributed by atoms with Crippen molar-refractivity contribution < 1.29 is 4.79 Å². The number of amides is 1. The van der Waals surface area contributed by atoms with Gasteiger partial charge in [0.1, 0.15) is 5.82 Å². The number of pyridine rings is 1. The summed E-state index contributed by atoms with van der Waals surface area (Å²) in [6, 6.07) is 14.3. The van der Waals surface area contributed by atoms with Crippen LogP contribution in [0.3, 0.4) is 0 Å². The summed E-state index contributed by atoms with van der Waals surface area (Å²) < 4.78 is 0. The van der Waals surface area contributed by atoms with Crippen molar-refractivity contribution in [3.8, 4) is 0 Å². The summed E-state index contributed by atoms with van der Waals surface area (Å²) in [6.07, 6.45) is 3.87. The zero-order valence-electron chi connectivity index (χ0n) is 15.8. The molecule has 1 aliphatic heterocycles. The molecule has 0 aliphatic carbocycles. The Morgan fingerprint density at radius 2 is 1.77 bits per heavy atom. The van der Waals surface area contributed by atoms with Gasteiger partial charge in [0.25, 0.3) is 5.91 Å². The van der Waals surface area contributed by atoms with Gasteiger partial charge < -0.3 is 14.7 Å². The molecule has 3 rings (SSSR count). The van der Waals surface area contributed by atoms with Gasteiger partial charge in [-0.05, 0) is 30.7 Å². The van der Waals surface area contributed by atoms with Crippen molar-refractivity contribution in [1.82, 2.24) is 9.88 Å². The average molecular weight is 352 g/mol. The largest absolute Gasteiger partial charge is 0.368 e. The number of para-hydroxylation sites is 1. The van der Waals surface area contributed by atoms with Crippen molar-refractivity contribution in [1.29, 1.82) is 0 Å². The van der Waals surface area contributed by atoms with Crippen molar-refractivity contribution in [3.05, 3.63) is 54.2 Å². The van der Waals surface area contributed by atoms with Gasteiger partial charge in [-0.2, -0.15) is 0 Å². The van der Waals surface area contributed by atoms with E-state index in [4.69, 9.17) is 0 Å². The third kappa shape index (κ3) is 4.34. The van der Waals surface area contributed by atoms with Crippen molar-refractivity contribution in [2.45, 2.75) is 19.8 Å². The predicted octanol–water partition coefficient (Wildman–Crippen LogP) is 3.28. The number of unbranched alkanes of at least 4 members (excludes halogenated alkanes) is 1. The lowest BCUT2D eigenvalue weighted by Gasteiger charge is -2.36. The molecule has 0 unspecified atom stereocenters. The first-order chi connectivity index (χ1) is 12.7. The van der Waals surface area contributed by atoms with E-state index in [0.29, 0.717) is 0 Å². The quantitative estimate of drug-likeness (QED) is 0.800. The van der Waals surface area contributed by atoms with E-state index in [9.17, 15) is 4.79 Å². The third-order valence-electron chi connectivity index (χ3n) is 4.91. The lowest BCUT2D eigenvalue weighted by Crippen LogP contribution is -2.46. The number of piperazine rings is 1. The molecule has 26 heavy (non-hydrogen) atoms. The topological polar surface area (TPSA) is 39.7 Å². The van der Waals surface area contributed by atoms with Crippen LogP contribution in [0.2, 0.25) is 0 Å². The monoisotopic (exact) mass is 352 g/mol. The molecular formula is C21H28N4O. The molecule has 0 bridgehead atoms. The molecular weight excluding hydrogens is 324 g/mol. The van der Waals surface area contributed by atoms with E-state index in [2.05, 4.69) is 46.0 Å². The van der Waals surface area contributed by atoms with E-state index >= 15 is 0 Å². The van der Waals surface area contributed by atoms with Crippen LogP contribution in [0, 0.1) is 0 Å². The van der Waals surface area contributed by atoms with Crippen molar-refractivity contribution >= 4 is 17.4 Å². The SMILES string of the molecule is CCCCN(C)C(=O)c1ccnc(N2CCN(c3ccccc3)CC2)c1. The van der Waals surface area contributed by atoms with E-state index in [1.807, 2.05) is 25.2 Å². The predicted molar refractivity (Wildman–Crippen MR) is 107 cm³/mol. The van der Waals surface area contributed by atoms with Gasteiger partial charge in [-0.3, -0.25) is 4.79 Å². The van der Waals surface area contributed by atoms with E-state index < -0.39 is 0 Å². The number of anilines is 2. The standard InChI is InChI=1S/C21H28N4O/c1-3-4-12-23(2)21(26)18-10-11-22-20(17-18)25-15-13-24(14-16-25)19-8-6-5-7-9-19/h5-11,17H,3-4,12-16H2,1-2H3. The van der Waals surface area contributed by atoms with Crippen LogP contribution in [0.25, 0.3) is 0 Å². The Morgan fingerprint density at radius 1 is 1.08 bits per heavy atom. The molecule has 1 saturated heterocycles. The molecule has 0 atom stereocenters. The van der Waals surface area contributed by atoms with Crippen molar-refractivity contribution in [3.63, 3.8) is 0 Å². The van der Waals surface area contributed by atoms with Gasteiger partial charge >= 0.3 is 0 Å². The summed E-state index contributed by atoms with van der Waals surface area (Å²) in [5, 5.41) is 0. The van der Waals surface area contributed by atoms with Crippen LogP contribution in [0.1, 0.15) is 30.1 Å². The van der Waals surface area contributed by atoms with Gasteiger partial charge in [-0.15, -0.1) is 0 Å². The van der Waals surface area contributed by atoms with Gasteiger partial charge in [-0.1, -0.05) is 31.5 Å². The number of hydrogen-bond acceptors (Lipinski definition) is 4. The maximum absolute atomic E-state index is 12.6. The molecule has 5 heteroatoms. The lowest BCUT2D eigenvalue weighted by molar-refractivity contribution is 0.0793. The highest BCUT2D eigenvalue weighted by atomic mass is 16.2. The van der Waals surface area contributed by atoms with Gasteiger partial charge in [0.05, 0.1) is 0 Å². The Hall–Kier alpha value is -2.56. The van der Waals surface area contributed by atoms with Crippen molar-refractivity contribution in [2.24, 2.45) is 0 Å². The Bertz CT molecular complexity index is 711. The minimum Gasteiger partial charge on any atom is -0.368 e. The summed E-state index contributed by atoms with van der Waals surface area (Å²) >= 11 is 0. The zero-order valence-corrected chi connectivity index (χ0v) is 15.8.